The molecule has 4 fully saturated rings. The van der Waals surface area contributed by atoms with E-state index in [2.05, 4.69) is 15.1 Å². The zero-order chi connectivity index (χ0) is 19.5. The van der Waals surface area contributed by atoms with Crippen LogP contribution < -0.4 is 5.32 Å². The van der Waals surface area contributed by atoms with E-state index in [1.807, 2.05) is 0 Å². The summed E-state index contributed by atoms with van der Waals surface area (Å²) in [4.78, 5) is 29.8. The van der Waals surface area contributed by atoms with Gasteiger partial charge in [0.05, 0.1) is 0 Å². The lowest BCUT2D eigenvalue weighted by Gasteiger charge is -2.57. The van der Waals surface area contributed by atoms with Crippen molar-refractivity contribution in [3.63, 3.8) is 0 Å². The van der Waals surface area contributed by atoms with Crippen LogP contribution in [-0.2, 0) is 9.59 Å². The van der Waals surface area contributed by atoms with Crippen LogP contribution in [0.5, 0.6) is 0 Å². The monoisotopic (exact) mass is 389 g/mol. The van der Waals surface area contributed by atoms with E-state index >= 15 is 0 Å². The first-order valence-electron chi connectivity index (χ1n) is 11.9. The van der Waals surface area contributed by atoms with Gasteiger partial charge in [-0.3, -0.25) is 14.5 Å². The predicted molar refractivity (Wildman–Crippen MR) is 111 cm³/mol. The van der Waals surface area contributed by atoms with Crippen LogP contribution >= 0.6 is 0 Å². The Morgan fingerprint density at radius 2 is 1.71 bits per heavy atom. The number of rotatable bonds is 5. The molecule has 0 bridgehead atoms. The zero-order valence-electron chi connectivity index (χ0n) is 17.7. The topological polar surface area (TPSA) is 52.7 Å². The molecule has 0 spiro atoms. The third kappa shape index (κ3) is 4.39. The highest BCUT2D eigenvalue weighted by Gasteiger charge is 2.48. The van der Waals surface area contributed by atoms with Gasteiger partial charge in [0.2, 0.25) is 11.8 Å². The fraction of sp³-hybridized carbons (Fsp3) is 0.913. The summed E-state index contributed by atoms with van der Waals surface area (Å²) in [5.74, 6) is 1.72. The minimum Gasteiger partial charge on any atom is -0.353 e. The van der Waals surface area contributed by atoms with E-state index in [1.165, 1.54) is 58.0 Å². The molecule has 1 aliphatic carbocycles. The summed E-state index contributed by atoms with van der Waals surface area (Å²) < 4.78 is 0. The standard InChI is InChI=1S/C23H39N3O2/c1-17(27)26-16-18-8-6-14-25-15-7-11-20(23(18)25)21(26)12-5-13-22(28)24-19-9-3-2-4-10-19/h18-21,23H,2-16H2,1H3,(H,24,28)/t18-,20+,21+,23-/m0/s1. The summed E-state index contributed by atoms with van der Waals surface area (Å²) in [6, 6.07) is 1.42. The van der Waals surface area contributed by atoms with Crippen molar-refractivity contribution in [3.8, 4) is 0 Å². The van der Waals surface area contributed by atoms with Crippen molar-refractivity contribution >= 4 is 11.8 Å². The van der Waals surface area contributed by atoms with Gasteiger partial charge < -0.3 is 10.2 Å². The molecule has 0 aromatic carbocycles. The normalized spacial score (nSPS) is 34.0. The number of likely N-dealkylation sites (tertiary alicyclic amines) is 1. The third-order valence-corrected chi connectivity index (χ3v) is 7.95. The molecule has 3 saturated heterocycles. The number of hydrogen-bond acceptors (Lipinski definition) is 3. The van der Waals surface area contributed by atoms with Crippen LogP contribution in [0.3, 0.4) is 0 Å². The van der Waals surface area contributed by atoms with Crippen molar-refractivity contribution in [2.24, 2.45) is 11.8 Å². The van der Waals surface area contributed by atoms with Gasteiger partial charge in [0.1, 0.15) is 0 Å². The molecule has 2 amide bonds. The minimum absolute atomic E-state index is 0.220. The molecule has 0 aromatic rings. The fourth-order valence-corrected chi connectivity index (χ4v) is 6.75. The van der Waals surface area contributed by atoms with Crippen LogP contribution in [0.15, 0.2) is 0 Å². The van der Waals surface area contributed by atoms with E-state index in [0.29, 0.717) is 36.4 Å². The Kier molecular flexibility index (Phi) is 6.59. The van der Waals surface area contributed by atoms with Gasteiger partial charge in [-0.15, -0.1) is 0 Å². The number of amides is 2. The minimum atomic E-state index is 0.220. The molecule has 0 aromatic heterocycles. The van der Waals surface area contributed by atoms with Gasteiger partial charge in [-0.25, -0.2) is 0 Å². The van der Waals surface area contributed by atoms with Crippen molar-refractivity contribution in [3.05, 3.63) is 0 Å². The zero-order valence-corrected chi connectivity index (χ0v) is 17.7. The molecule has 5 nitrogen and oxygen atoms in total. The number of carbonyl (C=O) groups is 2. The Morgan fingerprint density at radius 3 is 2.46 bits per heavy atom. The smallest absolute Gasteiger partial charge is 0.220 e. The van der Waals surface area contributed by atoms with Crippen LogP contribution in [0.25, 0.3) is 0 Å². The molecule has 158 valence electrons. The van der Waals surface area contributed by atoms with E-state index in [4.69, 9.17) is 0 Å². The molecular formula is C23H39N3O2. The van der Waals surface area contributed by atoms with Gasteiger partial charge in [-0.2, -0.15) is 0 Å². The Bertz CT molecular complexity index is 558. The molecular weight excluding hydrogens is 350 g/mol. The average Bonchev–Trinajstić information content (AvgIpc) is 2.70. The second-order valence-corrected chi connectivity index (χ2v) is 9.77. The lowest BCUT2D eigenvalue weighted by Crippen LogP contribution is -2.65. The van der Waals surface area contributed by atoms with Gasteiger partial charge >= 0.3 is 0 Å². The number of nitrogens with one attached hydrogen (secondary N) is 1. The molecule has 4 rings (SSSR count). The molecule has 4 aliphatic rings. The van der Waals surface area contributed by atoms with Crippen molar-refractivity contribution in [2.75, 3.05) is 19.6 Å². The summed E-state index contributed by atoms with van der Waals surface area (Å²) in [6.07, 6.45) is 13.7. The van der Waals surface area contributed by atoms with Crippen molar-refractivity contribution in [2.45, 2.75) is 102 Å². The van der Waals surface area contributed by atoms with Gasteiger partial charge in [-0.05, 0) is 76.3 Å². The van der Waals surface area contributed by atoms with Gasteiger partial charge in [0.15, 0.2) is 0 Å². The molecule has 1 saturated carbocycles. The predicted octanol–water partition coefficient (Wildman–Crippen LogP) is 3.33. The largest absolute Gasteiger partial charge is 0.353 e. The first-order valence-corrected chi connectivity index (χ1v) is 11.9. The summed E-state index contributed by atoms with van der Waals surface area (Å²) in [7, 11) is 0. The van der Waals surface area contributed by atoms with Gasteiger partial charge in [0.25, 0.3) is 0 Å². The van der Waals surface area contributed by atoms with E-state index < -0.39 is 0 Å². The van der Waals surface area contributed by atoms with Crippen molar-refractivity contribution < 1.29 is 9.59 Å². The summed E-state index contributed by atoms with van der Waals surface area (Å²) in [5.41, 5.74) is 0. The van der Waals surface area contributed by atoms with Crippen LogP contribution in [0.2, 0.25) is 0 Å². The molecule has 28 heavy (non-hydrogen) atoms. The third-order valence-electron chi connectivity index (χ3n) is 7.95. The van der Waals surface area contributed by atoms with Crippen molar-refractivity contribution in [1.29, 1.82) is 0 Å². The highest BCUT2D eigenvalue weighted by atomic mass is 16.2. The molecule has 3 aliphatic heterocycles. The van der Waals surface area contributed by atoms with E-state index in [9.17, 15) is 9.59 Å². The van der Waals surface area contributed by atoms with Crippen molar-refractivity contribution in [1.82, 2.24) is 15.1 Å². The molecule has 0 unspecified atom stereocenters. The number of hydrogen-bond donors (Lipinski definition) is 1. The molecule has 4 atom stereocenters. The maximum atomic E-state index is 12.4. The number of piperidine rings is 3. The lowest BCUT2D eigenvalue weighted by molar-refractivity contribution is -0.144. The summed E-state index contributed by atoms with van der Waals surface area (Å²) in [6.45, 7) is 5.17. The van der Waals surface area contributed by atoms with Crippen LogP contribution in [0, 0.1) is 11.8 Å². The second kappa shape index (κ2) is 9.15. The highest BCUT2D eigenvalue weighted by molar-refractivity contribution is 5.76. The fourth-order valence-electron chi connectivity index (χ4n) is 6.75. The summed E-state index contributed by atoms with van der Waals surface area (Å²) >= 11 is 0. The Hall–Kier alpha value is -1.10. The van der Waals surface area contributed by atoms with E-state index in [-0.39, 0.29) is 11.8 Å². The first-order chi connectivity index (χ1) is 13.6. The van der Waals surface area contributed by atoms with Gasteiger partial charge in [0, 0.05) is 38.0 Å². The highest BCUT2D eigenvalue weighted by Crippen LogP contribution is 2.43. The first kappa shape index (κ1) is 20.2. The SMILES string of the molecule is CC(=O)N1C[C@@H]2CCCN3CCC[C@@H]([C@H]23)[C@H]1CCCC(=O)NC1CCCCC1. The van der Waals surface area contributed by atoms with Crippen LogP contribution in [-0.4, -0.2) is 59.4 Å². The Labute approximate surface area is 170 Å². The maximum absolute atomic E-state index is 12.4. The van der Waals surface area contributed by atoms with Gasteiger partial charge in [-0.1, -0.05) is 19.3 Å². The second-order valence-electron chi connectivity index (χ2n) is 9.77. The average molecular weight is 390 g/mol. The Morgan fingerprint density at radius 1 is 0.964 bits per heavy atom. The number of carbonyl (C=O) groups excluding carboxylic acids is 2. The maximum Gasteiger partial charge on any atom is 0.220 e. The molecule has 5 heteroatoms. The number of nitrogens with zero attached hydrogens (tertiary/aromatic N) is 2. The van der Waals surface area contributed by atoms with Crippen LogP contribution in [0.4, 0.5) is 0 Å². The summed E-state index contributed by atoms with van der Waals surface area (Å²) in [5, 5.41) is 3.25. The molecule has 1 N–H and O–H groups in total. The molecule has 0 radical (unpaired) electrons. The quantitative estimate of drug-likeness (QED) is 0.785. The van der Waals surface area contributed by atoms with E-state index in [0.717, 1.165) is 32.2 Å². The van der Waals surface area contributed by atoms with E-state index in [1.54, 1.807) is 6.92 Å². The Balaban J connectivity index is 1.34. The molecule has 3 heterocycles. The van der Waals surface area contributed by atoms with Crippen LogP contribution in [0.1, 0.15) is 84.0 Å². The lowest BCUT2D eigenvalue weighted by atomic mass is 9.69.